The smallest absolute Gasteiger partial charge is 0.410 e. The lowest BCUT2D eigenvalue weighted by atomic mass is 9.95. The van der Waals surface area contributed by atoms with Gasteiger partial charge in [0.2, 0.25) is 0 Å². The summed E-state index contributed by atoms with van der Waals surface area (Å²) in [6.07, 6.45) is 4.86. The number of carbonyl (C=O) groups excluding carboxylic acids is 1. The second-order valence-electron chi connectivity index (χ2n) is 18.5. The Labute approximate surface area is 353 Å². The lowest BCUT2D eigenvalue weighted by Crippen LogP contribution is -2.57. The first-order chi connectivity index (χ1) is 28.5. The fraction of sp³-hybridized carbons (Fsp3) is 0.565. The zero-order chi connectivity index (χ0) is 43.1. The highest BCUT2D eigenvalue weighted by Crippen LogP contribution is 2.43. The van der Waals surface area contributed by atoms with Gasteiger partial charge in [-0.15, -0.1) is 5.54 Å². The van der Waals surface area contributed by atoms with Crippen LogP contribution in [0.15, 0.2) is 30.5 Å². The third-order valence-electron chi connectivity index (χ3n) is 12.5. The Kier molecular flexibility index (Phi) is 12.6. The van der Waals surface area contributed by atoms with Gasteiger partial charge in [0.15, 0.2) is 12.6 Å². The fourth-order valence-electron chi connectivity index (χ4n) is 9.81. The van der Waals surface area contributed by atoms with E-state index >= 15 is 8.78 Å². The Balaban J connectivity index is 1.39. The molecule has 2 aromatic heterocycles. The van der Waals surface area contributed by atoms with Crippen molar-refractivity contribution in [3.8, 4) is 34.5 Å². The molecule has 3 fully saturated rings. The normalized spacial score (nSPS) is 19.5. The molecule has 1 N–H and O–H groups in total. The summed E-state index contributed by atoms with van der Waals surface area (Å²) in [5.41, 5.74) is 4.51. The molecule has 0 radical (unpaired) electrons. The molecule has 3 saturated heterocycles. The first-order valence-corrected chi connectivity index (χ1v) is 23.7. The fourth-order valence-corrected chi connectivity index (χ4v) is 15.0. The van der Waals surface area contributed by atoms with E-state index in [0.29, 0.717) is 69.6 Å². The van der Waals surface area contributed by atoms with Crippen molar-refractivity contribution in [3.05, 3.63) is 47.7 Å². The van der Waals surface area contributed by atoms with Gasteiger partial charge in [-0.2, -0.15) is 9.97 Å². The third-order valence-corrected chi connectivity index (χ3v) is 18.8. The number of anilines is 1. The second kappa shape index (κ2) is 17.4. The predicted octanol–water partition coefficient (Wildman–Crippen LogP) is 9.39. The molecule has 0 aliphatic carbocycles. The number of ether oxygens (including phenoxy) is 4. The van der Waals surface area contributed by atoms with E-state index in [1.807, 2.05) is 25.7 Å². The summed E-state index contributed by atoms with van der Waals surface area (Å²) in [4.78, 5) is 31.6. The topological polar surface area (TPSA) is 111 Å². The number of nitrogens with one attached hydrogen (secondary N) is 1. The van der Waals surface area contributed by atoms with Crippen LogP contribution >= 0.6 is 0 Å². The maximum atomic E-state index is 17.7. The van der Waals surface area contributed by atoms with Crippen LogP contribution in [0.2, 0.25) is 16.6 Å². The highest BCUT2D eigenvalue weighted by atomic mass is 28.3. The van der Waals surface area contributed by atoms with Gasteiger partial charge in [-0.1, -0.05) is 53.5 Å². The molecule has 4 aromatic rings. The van der Waals surface area contributed by atoms with Crippen LogP contribution < -0.4 is 19.7 Å². The number of fused-ring (bicyclic) bond motifs is 4. The number of methoxy groups -OCH3 is 1. The van der Waals surface area contributed by atoms with Crippen molar-refractivity contribution in [2.45, 2.75) is 128 Å². The second-order valence-corrected chi connectivity index (χ2v) is 24.1. The number of pyridine rings is 1. The van der Waals surface area contributed by atoms with E-state index in [1.54, 1.807) is 24.4 Å². The first-order valence-electron chi connectivity index (χ1n) is 21.4. The van der Waals surface area contributed by atoms with E-state index in [4.69, 9.17) is 33.9 Å². The predicted molar refractivity (Wildman–Crippen MR) is 234 cm³/mol. The molecule has 0 spiro atoms. The van der Waals surface area contributed by atoms with Crippen LogP contribution in [0.1, 0.15) is 93.6 Å². The molecule has 1 amide bonds. The van der Waals surface area contributed by atoms with Crippen molar-refractivity contribution < 1.29 is 32.5 Å². The average molecular weight is 843 g/mol. The van der Waals surface area contributed by atoms with Gasteiger partial charge < -0.3 is 29.2 Å². The molecular weight excluding hydrogens is 783 g/mol. The Morgan fingerprint density at radius 1 is 0.983 bits per heavy atom. The van der Waals surface area contributed by atoms with Crippen LogP contribution in [0.25, 0.3) is 32.9 Å². The monoisotopic (exact) mass is 842 g/mol. The molecule has 3 atom stereocenters. The number of amides is 1. The Bertz CT molecular complexity index is 2260. The highest BCUT2D eigenvalue weighted by molar-refractivity contribution is 6.90. The summed E-state index contributed by atoms with van der Waals surface area (Å²) in [6.45, 7) is 21.0. The Morgan fingerprint density at radius 3 is 2.30 bits per heavy atom. The van der Waals surface area contributed by atoms with Crippen molar-refractivity contribution in [1.29, 1.82) is 0 Å². The molecule has 5 heterocycles. The van der Waals surface area contributed by atoms with Crippen LogP contribution in [0.3, 0.4) is 0 Å². The van der Waals surface area contributed by atoms with E-state index in [1.165, 1.54) is 13.2 Å². The SMILES string of the molecule is COCOc1cc(-c2ncc3c(N4C[C@H]5CC[C@@H](C4)N5C(=O)OC(C)(C)C)nc(OC[C@@H]4CCCN4)nc3c2F)c2c(C#C[Si](C(C)C)(C(C)C)C(C)C)c(F)ccc2c1. The van der Waals surface area contributed by atoms with Crippen molar-refractivity contribution in [3.63, 3.8) is 0 Å². The average Bonchev–Trinajstić information content (AvgIpc) is 3.81. The minimum atomic E-state index is -2.29. The van der Waals surface area contributed by atoms with Crippen LogP contribution in [0.5, 0.6) is 11.8 Å². The zero-order valence-corrected chi connectivity index (χ0v) is 37.7. The van der Waals surface area contributed by atoms with Gasteiger partial charge >= 0.3 is 12.1 Å². The molecule has 3 aliphatic heterocycles. The number of nitrogens with zero attached hydrogens (tertiary/aromatic N) is 5. The van der Waals surface area contributed by atoms with Gasteiger partial charge in [-0.05, 0) is 93.2 Å². The van der Waals surface area contributed by atoms with E-state index in [9.17, 15) is 4.79 Å². The molecule has 0 saturated carbocycles. The molecule has 7 rings (SSSR count). The number of benzene rings is 2. The van der Waals surface area contributed by atoms with Gasteiger partial charge in [0.05, 0.1) is 23.0 Å². The molecule has 2 aromatic carbocycles. The lowest BCUT2D eigenvalue weighted by molar-refractivity contribution is 0.0122. The van der Waals surface area contributed by atoms with Gasteiger partial charge in [0, 0.05) is 43.4 Å². The van der Waals surface area contributed by atoms with E-state index in [-0.39, 0.29) is 53.8 Å². The lowest BCUT2D eigenvalue weighted by Gasteiger charge is -2.42. The quantitative estimate of drug-likeness (QED) is 0.0891. The zero-order valence-electron chi connectivity index (χ0n) is 36.7. The maximum Gasteiger partial charge on any atom is 0.410 e. The van der Waals surface area contributed by atoms with Crippen molar-refractivity contribution in [1.82, 2.24) is 25.2 Å². The van der Waals surface area contributed by atoms with Crippen molar-refractivity contribution in [2.24, 2.45) is 0 Å². The summed E-state index contributed by atoms with van der Waals surface area (Å²) >= 11 is 0. The summed E-state index contributed by atoms with van der Waals surface area (Å²) in [7, 11) is -0.774. The van der Waals surface area contributed by atoms with Gasteiger partial charge in [-0.3, -0.25) is 9.88 Å². The number of halogens is 2. The largest absolute Gasteiger partial charge is 0.468 e. The van der Waals surface area contributed by atoms with Gasteiger partial charge in [-0.25, -0.2) is 13.6 Å². The minimum Gasteiger partial charge on any atom is -0.468 e. The van der Waals surface area contributed by atoms with Crippen LogP contribution in [-0.2, 0) is 9.47 Å². The van der Waals surface area contributed by atoms with E-state index in [2.05, 4.69) is 63.2 Å². The standard InChI is InChI=1S/C46H60F2N6O5Si/c1-27(2)60(28(3)4,29(5)6)19-17-35-38(47)16-13-30-20-34(58-26-56-10)21-36(39(30)35)41-40(48)42-37(22-50-41)43(52-44(51-42)57-25-31-12-11-18-49-31)53-23-32-14-15-33(24-53)54(32)45(55)59-46(7,8)9/h13,16,20-22,27-29,31-33,49H,11-12,14-15,18,23-26H2,1-10H3/t31-,32-,33+/m0/s1. The number of carbonyl (C=O) groups is 1. The minimum absolute atomic E-state index is 0.0209. The maximum absolute atomic E-state index is 17.7. The summed E-state index contributed by atoms with van der Waals surface area (Å²) in [5, 5.41) is 4.89. The van der Waals surface area contributed by atoms with E-state index < -0.39 is 25.3 Å². The van der Waals surface area contributed by atoms with Crippen LogP contribution in [-0.4, -0.2) is 97.9 Å². The summed E-state index contributed by atoms with van der Waals surface area (Å²) in [5.74, 6) is 3.01. The molecule has 0 unspecified atom stereocenters. The Hall–Kier alpha value is -4.58. The van der Waals surface area contributed by atoms with Gasteiger partial charge in [0.1, 0.15) is 48.9 Å². The molecule has 60 heavy (non-hydrogen) atoms. The number of hydrogen-bond acceptors (Lipinski definition) is 10. The van der Waals surface area contributed by atoms with Crippen molar-refractivity contribution >= 4 is 41.7 Å². The molecule has 11 nitrogen and oxygen atoms in total. The summed E-state index contributed by atoms with van der Waals surface area (Å²) < 4.78 is 57.1. The number of hydrogen-bond donors (Lipinski definition) is 1. The Morgan fingerprint density at radius 2 is 1.68 bits per heavy atom. The molecule has 2 bridgehead atoms. The van der Waals surface area contributed by atoms with Crippen LogP contribution in [0.4, 0.5) is 19.4 Å². The number of aromatic nitrogens is 3. The third kappa shape index (κ3) is 8.50. The molecular formula is C46H60F2N6O5Si. The molecule has 3 aliphatic rings. The summed E-state index contributed by atoms with van der Waals surface area (Å²) in [6, 6.07) is 6.44. The van der Waals surface area contributed by atoms with Crippen LogP contribution in [0, 0.1) is 23.1 Å². The number of rotatable bonds is 11. The molecule has 322 valence electrons. The highest BCUT2D eigenvalue weighted by Gasteiger charge is 2.45. The van der Waals surface area contributed by atoms with E-state index in [0.717, 1.165) is 32.2 Å². The van der Waals surface area contributed by atoms with Gasteiger partial charge in [0.25, 0.3) is 0 Å². The number of piperazine rings is 1. The molecule has 14 heteroatoms. The van der Waals surface area contributed by atoms with Crippen molar-refractivity contribution in [2.75, 3.05) is 45.0 Å². The first kappa shape index (κ1) is 43.5.